The number of likely N-dealkylation sites (N-methyl/N-ethyl adjacent to an activating group) is 2. The van der Waals surface area contributed by atoms with E-state index >= 15 is 0 Å². The van der Waals surface area contributed by atoms with Gasteiger partial charge < -0.3 is 25.2 Å². The van der Waals surface area contributed by atoms with Gasteiger partial charge in [-0.3, -0.25) is 9.69 Å². The lowest BCUT2D eigenvalue weighted by atomic mass is 9.88. The van der Waals surface area contributed by atoms with E-state index in [4.69, 9.17) is 4.74 Å². The first kappa shape index (κ1) is 19.4. The highest BCUT2D eigenvalue weighted by Crippen LogP contribution is 2.40. The number of rotatable bonds is 5. The van der Waals surface area contributed by atoms with Gasteiger partial charge in [-0.2, -0.15) is 0 Å². The Morgan fingerprint density at radius 3 is 2.66 bits per heavy atom. The number of amides is 5. The molecule has 2 atom stereocenters. The number of fused-ring (bicyclic) bond motifs is 1. The number of benzene rings is 1. The van der Waals surface area contributed by atoms with Gasteiger partial charge in [0, 0.05) is 14.1 Å². The topological polar surface area (TPSA) is 94.2 Å². The van der Waals surface area contributed by atoms with Crippen molar-refractivity contribution in [3.63, 3.8) is 0 Å². The summed E-state index contributed by atoms with van der Waals surface area (Å²) in [4.78, 5) is 42.0. The Balaban J connectivity index is 1.52. The molecule has 156 valence electrons. The number of carbonyl (C=O) groups is 3. The van der Waals surface area contributed by atoms with E-state index in [0.29, 0.717) is 0 Å². The number of carbonyl (C=O) groups excluding carboxylic acids is 3. The smallest absolute Gasteiger partial charge is 0.323 e. The lowest BCUT2D eigenvalue weighted by molar-refractivity contribution is -0.124. The van der Waals surface area contributed by atoms with Crippen molar-refractivity contribution in [2.24, 2.45) is 0 Å². The maximum atomic E-state index is 13.0. The van der Waals surface area contributed by atoms with Crippen LogP contribution in [0, 0.1) is 0 Å². The predicted octanol–water partition coefficient (Wildman–Crippen LogP) is 1.26. The summed E-state index contributed by atoms with van der Waals surface area (Å²) in [5.41, 5.74) is 0.550. The number of nitrogens with one attached hydrogen (secondary N) is 2. The van der Waals surface area contributed by atoms with Crippen molar-refractivity contribution in [1.29, 1.82) is 0 Å². The van der Waals surface area contributed by atoms with Crippen LogP contribution in [0.5, 0.6) is 5.75 Å². The Kier molecular flexibility index (Phi) is 4.76. The van der Waals surface area contributed by atoms with E-state index in [-0.39, 0.29) is 24.5 Å². The van der Waals surface area contributed by atoms with Crippen LogP contribution < -0.4 is 15.4 Å². The van der Waals surface area contributed by atoms with Gasteiger partial charge in [0.15, 0.2) is 0 Å². The largest absolute Gasteiger partial charge is 0.497 e. The number of hydrogen-bond acceptors (Lipinski definition) is 4. The van der Waals surface area contributed by atoms with Gasteiger partial charge in [0.1, 0.15) is 24.6 Å². The van der Waals surface area contributed by atoms with Crippen molar-refractivity contribution in [1.82, 2.24) is 25.3 Å². The van der Waals surface area contributed by atoms with Gasteiger partial charge in [0.2, 0.25) is 5.91 Å². The Labute approximate surface area is 170 Å². The molecule has 9 nitrogen and oxygen atoms in total. The number of ether oxygens (including phenoxy) is 1. The molecule has 2 N–H and O–H groups in total. The average molecular weight is 401 g/mol. The molecule has 9 heteroatoms. The number of urea groups is 2. The molecule has 2 aliphatic heterocycles. The minimum Gasteiger partial charge on any atom is -0.497 e. The summed E-state index contributed by atoms with van der Waals surface area (Å²) in [5, 5.41) is 5.98. The van der Waals surface area contributed by atoms with E-state index in [2.05, 4.69) is 10.6 Å². The standard InChI is InChI=1S/C20H27N5O4/c1-23-16-17(24(2)19(23)28)25(18(27)21-16)12-15(26)22-20(9-4-5-10-20)13-7-6-8-14(11-13)29-3/h6-8,11,16-17H,4-5,9-10,12H2,1-3H3,(H,21,27)(H,22,26). The van der Waals surface area contributed by atoms with Crippen LogP contribution in [0.1, 0.15) is 31.2 Å². The van der Waals surface area contributed by atoms with E-state index in [1.807, 2.05) is 24.3 Å². The third-order valence-electron chi connectivity index (χ3n) is 6.32. The van der Waals surface area contributed by atoms with Crippen LogP contribution in [0.25, 0.3) is 0 Å². The van der Waals surface area contributed by atoms with Gasteiger partial charge in [-0.1, -0.05) is 25.0 Å². The molecule has 2 heterocycles. The molecule has 0 spiro atoms. The molecule has 2 unspecified atom stereocenters. The van der Waals surface area contributed by atoms with Crippen molar-refractivity contribution in [2.45, 2.75) is 43.6 Å². The van der Waals surface area contributed by atoms with Gasteiger partial charge in [-0.25, -0.2) is 9.59 Å². The molecule has 0 bridgehead atoms. The van der Waals surface area contributed by atoms with Crippen molar-refractivity contribution in [3.8, 4) is 5.75 Å². The Morgan fingerprint density at radius 2 is 1.97 bits per heavy atom. The van der Waals surface area contributed by atoms with Crippen LogP contribution in [0.4, 0.5) is 9.59 Å². The Bertz CT molecular complexity index is 838. The lowest BCUT2D eigenvalue weighted by Gasteiger charge is -2.33. The van der Waals surface area contributed by atoms with Crippen LogP contribution >= 0.6 is 0 Å². The minimum absolute atomic E-state index is 0.107. The second-order valence-electron chi connectivity index (χ2n) is 8.01. The van der Waals surface area contributed by atoms with Crippen LogP contribution in [0.3, 0.4) is 0 Å². The molecular weight excluding hydrogens is 374 g/mol. The van der Waals surface area contributed by atoms with Crippen LogP contribution in [0.15, 0.2) is 24.3 Å². The van der Waals surface area contributed by atoms with Crippen molar-refractivity contribution < 1.29 is 19.1 Å². The third-order valence-corrected chi connectivity index (χ3v) is 6.32. The summed E-state index contributed by atoms with van der Waals surface area (Å²) in [6.45, 7) is -0.107. The van der Waals surface area contributed by atoms with E-state index in [1.165, 1.54) is 14.7 Å². The van der Waals surface area contributed by atoms with E-state index in [0.717, 1.165) is 37.0 Å². The maximum absolute atomic E-state index is 13.0. The molecule has 4 rings (SSSR count). The first-order chi connectivity index (χ1) is 13.9. The fourth-order valence-corrected chi connectivity index (χ4v) is 4.78. The number of hydrogen-bond donors (Lipinski definition) is 2. The van der Waals surface area contributed by atoms with Gasteiger partial charge in [-0.15, -0.1) is 0 Å². The molecule has 0 aromatic heterocycles. The second-order valence-corrected chi connectivity index (χ2v) is 8.01. The SMILES string of the molecule is COc1cccc(C2(NC(=O)CN3C(=O)NC4C3N(C)C(=O)N4C)CCCC2)c1. The third kappa shape index (κ3) is 3.14. The molecule has 3 aliphatic rings. The summed E-state index contributed by atoms with van der Waals surface area (Å²) in [6.07, 6.45) is 2.77. The summed E-state index contributed by atoms with van der Waals surface area (Å²) >= 11 is 0. The summed E-state index contributed by atoms with van der Waals surface area (Å²) in [6, 6.07) is 7.24. The predicted molar refractivity (Wildman–Crippen MR) is 105 cm³/mol. The number of methoxy groups -OCH3 is 1. The van der Waals surface area contributed by atoms with E-state index < -0.39 is 17.9 Å². The normalized spacial score (nSPS) is 25.3. The molecule has 1 aliphatic carbocycles. The van der Waals surface area contributed by atoms with Gasteiger partial charge in [0.05, 0.1) is 12.6 Å². The molecule has 29 heavy (non-hydrogen) atoms. The van der Waals surface area contributed by atoms with Gasteiger partial charge in [-0.05, 0) is 30.5 Å². The molecule has 3 fully saturated rings. The second kappa shape index (κ2) is 7.13. The van der Waals surface area contributed by atoms with E-state index in [1.54, 1.807) is 21.2 Å². The fraction of sp³-hybridized carbons (Fsp3) is 0.550. The fourth-order valence-electron chi connectivity index (χ4n) is 4.78. The zero-order valence-electron chi connectivity index (χ0n) is 17.0. The van der Waals surface area contributed by atoms with E-state index in [9.17, 15) is 14.4 Å². The quantitative estimate of drug-likeness (QED) is 0.777. The first-order valence-electron chi connectivity index (χ1n) is 9.88. The zero-order valence-corrected chi connectivity index (χ0v) is 17.0. The van der Waals surface area contributed by atoms with Gasteiger partial charge >= 0.3 is 12.1 Å². The summed E-state index contributed by atoms with van der Waals surface area (Å²) in [5.74, 6) is 0.514. The van der Waals surface area contributed by atoms with Crippen LogP contribution in [0.2, 0.25) is 0 Å². The first-order valence-corrected chi connectivity index (χ1v) is 9.88. The molecule has 1 saturated carbocycles. The van der Waals surface area contributed by atoms with Crippen LogP contribution in [-0.4, -0.2) is 72.8 Å². The molecule has 0 radical (unpaired) electrons. The zero-order chi connectivity index (χ0) is 20.8. The van der Waals surface area contributed by atoms with Crippen LogP contribution in [-0.2, 0) is 10.3 Å². The van der Waals surface area contributed by atoms with Crippen molar-refractivity contribution in [3.05, 3.63) is 29.8 Å². The van der Waals surface area contributed by atoms with Crippen molar-refractivity contribution >= 4 is 18.0 Å². The summed E-state index contributed by atoms with van der Waals surface area (Å²) < 4.78 is 5.35. The Morgan fingerprint density at radius 1 is 1.24 bits per heavy atom. The Hall–Kier alpha value is -2.97. The molecule has 2 saturated heterocycles. The average Bonchev–Trinajstić information content (AvgIpc) is 3.37. The highest BCUT2D eigenvalue weighted by Gasteiger charge is 2.53. The monoisotopic (exact) mass is 401 g/mol. The highest BCUT2D eigenvalue weighted by atomic mass is 16.5. The highest BCUT2D eigenvalue weighted by molar-refractivity contribution is 5.89. The molecule has 1 aromatic rings. The van der Waals surface area contributed by atoms with Gasteiger partial charge in [0.25, 0.3) is 0 Å². The number of nitrogens with zero attached hydrogens (tertiary/aromatic N) is 3. The maximum Gasteiger partial charge on any atom is 0.323 e. The molecular formula is C20H27N5O4. The molecule has 5 amide bonds. The summed E-state index contributed by atoms with van der Waals surface area (Å²) in [7, 11) is 4.91. The lowest BCUT2D eigenvalue weighted by Crippen LogP contribution is -2.52. The molecule has 1 aromatic carbocycles. The minimum atomic E-state index is -0.498. The van der Waals surface area contributed by atoms with Crippen molar-refractivity contribution in [2.75, 3.05) is 27.7 Å².